The second kappa shape index (κ2) is 8.57. The average molecular weight is 377 g/mol. The van der Waals surface area contributed by atoms with Crippen molar-refractivity contribution in [2.45, 2.75) is 39.2 Å². The van der Waals surface area contributed by atoms with Gasteiger partial charge in [0.05, 0.1) is 6.54 Å². The molecule has 5 nitrogen and oxygen atoms in total. The van der Waals surface area contributed by atoms with Crippen LogP contribution in [-0.2, 0) is 13.0 Å². The number of aromatic nitrogens is 2. The molecule has 1 fully saturated rings. The lowest BCUT2D eigenvalue weighted by Crippen LogP contribution is -2.33. The van der Waals surface area contributed by atoms with E-state index in [-0.39, 0.29) is 0 Å². The Bertz CT molecular complexity index is 879. The zero-order valence-corrected chi connectivity index (χ0v) is 16.3. The standard InChI is InChI=1S/C23H27N3O2/c1-17-2-8-20(9-3-17)23-24-22(28-25-23)16-26-14-12-19(13-15-26)5-4-18-6-10-21(27)11-7-18/h2-3,6-11,19,27H,4-5,12-16H2,1H3. The van der Waals surface area contributed by atoms with Crippen LogP contribution in [0.4, 0.5) is 0 Å². The summed E-state index contributed by atoms with van der Waals surface area (Å²) in [6.07, 6.45) is 4.69. The van der Waals surface area contributed by atoms with Crippen molar-refractivity contribution in [2.24, 2.45) is 5.92 Å². The van der Waals surface area contributed by atoms with Gasteiger partial charge in [-0.1, -0.05) is 47.1 Å². The number of hydrogen-bond donors (Lipinski definition) is 1. The first-order valence-corrected chi connectivity index (χ1v) is 10.1. The minimum Gasteiger partial charge on any atom is -0.508 e. The first-order chi connectivity index (χ1) is 13.7. The summed E-state index contributed by atoms with van der Waals surface area (Å²) in [6.45, 7) is 4.94. The van der Waals surface area contributed by atoms with Gasteiger partial charge in [0.1, 0.15) is 5.75 Å². The van der Waals surface area contributed by atoms with Crippen molar-refractivity contribution in [3.05, 3.63) is 65.5 Å². The maximum atomic E-state index is 9.38. The monoisotopic (exact) mass is 377 g/mol. The van der Waals surface area contributed by atoms with Gasteiger partial charge in [-0.25, -0.2) is 0 Å². The molecule has 4 rings (SSSR count). The Balaban J connectivity index is 1.24. The lowest BCUT2D eigenvalue weighted by molar-refractivity contribution is 0.155. The fourth-order valence-corrected chi connectivity index (χ4v) is 3.80. The Morgan fingerprint density at radius 1 is 1.04 bits per heavy atom. The van der Waals surface area contributed by atoms with E-state index in [0.717, 1.165) is 37.5 Å². The lowest BCUT2D eigenvalue weighted by atomic mass is 9.90. The van der Waals surface area contributed by atoms with Crippen LogP contribution >= 0.6 is 0 Å². The van der Waals surface area contributed by atoms with Crippen molar-refractivity contribution in [3.63, 3.8) is 0 Å². The van der Waals surface area contributed by atoms with Crippen LogP contribution < -0.4 is 0 Å². The molecule has 2 aromatic carbocycles. The molecule has 0 saturated carbocycles. The van der Waals surface area contributed by atoms with Crippen LogP contribution in [0.2, 0.25) is 0 Å². The number of nitrogens with zero attached hydrogens (tertiary/aromatic N) is 3. The molecule has 1 saturated heterocycles. The largest absolute Gasteiger partial charge is 0.508 e. The molecular formula is C23H27N3O2. The van der Waals surface area contributed by atoms with Crippen LogP contribution in [0.1, 0.15) is 36.3 Å². The molecule has 1 aliphatic heterocycles. The van der Waals surface area contributed by atoms with E-state index in [0.29, 0.717) is 17.5 Å². The molecule has 3 aromatic rings. The average Bonchev–Trinajstić information content (AvgIpc) is 3.18. The molecule has 0 aliphatic carbocycles. The molecule has 0 amide bonds. The van der Waals surface area contributed by atoms with E-state index < -0.39 is 0 Å². The van der Waals surface area contributed by atoms with E-state index in [1.807, 2.05) is 24.3 Å². The SMILES string of the molecule is Cc1ccc(-c2noc(CN3CCC(CCc4ccc(O)cc4)CC3)n2)cc1. The zero-order chi connectivity index (χ0) is 19.3. The van der Waals surface area contributed by atoms with Gasteiger partial charge in [-0.15, -0.1) is 0 Å². The number of hydrogen-bond acceptors (Lipinski definition) is 5. The van der Waals surface area contributed by atoms with Gasteiger partial charge in [0.2, 0.25) is 11.7 Å². The number of phenols is 1. The Morgan fingerprint density at radius 3 is 2.46 bits per heavy atom. The molecule has 0 bridgehead atoms. The fraction of sp³-hybridized carbons (Fsp3) is 0.391. The van der Waals surface area contributed by atoms with Gasteiger partial charge in [0.15, 0.2) is 0 Å². The lowest BCUT2D eigenvalue weighted by Gasteiger charge is -2.30. The highest BCUT2D eigenvalue weighted by molar-refractivity contribution is 5.54. The molecule has 5 heteroatoms. The van der Waals surface area contributed by atoms with Crippen LogP contribution in [0.5, 0.6) is 5.75 Å². The molecule has 0 unspecified atom stereocenters. The summed E-state index contributed by atoms with van der Waals surface area (Å²) < 4.78 is 5.47. The first-order valence-electron chi connectivity index (χ1n) is 10.1. The van der Waals surface area contributed by atoms with Crippen molar-refractivity contribution in [3.8, 4) is 17.1 Å². The third-order valence-corrected chi connectivity index (χ3v) is 5.62. The van der Waals surface area contributed by atoms with Gasteiger partial charge >= 0.3 is 0 Å². The third-order valence-electron chi connectivity index (χ3n) is 5.62. The molecule has 1 N–H and O–H groups in total. The number of aromatic hydroxyl groups is 1. The number of phenolic OH excluding ortho intramolecular Hbond substituents is 1. The van der Waals surface area contributed by atoms with Gasteiger partial charge in [-0.2, -0.15) is 4.98 Å². The Kier molecular flexibility index (Phi) is 5.72. The highest BCUT2D eigenvalue weighted by Crippen LogP contribution is 2.24. The molecular weight excluding hydrogens is 350 g/mol. The Hall–Kier alpha value is -2.66. The van der Waals surface area contributed by atoms with E-state index in [9.17, 15) is 5.11 Å². The molecule has 0 atom stereocenters. The summed E-state index contributed by atoms with van der Waals surface area (Å²) in [6, 6.07) is 15.8. The number of aryl methyl sites for hydroxylation is 2. The predicted molar refractivity (Wildman–Crippen MR) is 109 cm³/mol. The van der Waals surface area contributed by atoms with Crippen molar-refractivity contribution in [2.75, 3.05) is 13.1 Å². The predicted octanol–water partition coefficient (Wildman–Crippen LogP) is 4.60. The first kappa shape index (κ1) is 18.7. The number of benzene rings is 2. The summed E-state index contributed by atoms with van der Waals surface area (Å²) in [7, 11) is 0. The minimum atomic E-state index is 0.337. The molecule has 2 heterocycles. The highest BCUT2D eigenvalue weighted by Gasteiger charge is 2.21. The van der Waals surface area contributed by atoms with Crippen LogP contribution in [0, 0.1) is 12.8 Å². The molecule has 0 radical (unpaired) electrons. The molecule has 0 spiro atoms. The van der Waals surface area contributed by atoms with E-state index >= 15 is 0 Å². The van der Waals surface area contributed by atoms with Gasteiger partial charge in [0, 0.05) is 5.56 Å². The van der Waals surface area contributed by atoms with E-state index in [2.05, 4.69) is 34.1 Å². The normalized spacial score (nSPS) is 15.8. The van der Waals surface area contributed by atoms with Crippen LogP contribution in [0.15, 0.2) is 53.1 Å². The number of likely N-dealkylation sites (tertiary alicyclic amines) is 1. The second-order valence-electron chi connectivity index (χ2n) is 7.80. The topological polar surface area (TPSA) is 62.4 Å². The highest BCUT2D eigenvalue weighted by atomic mass is 16.5. The van der Waals surface area contributed by atoms with Crippen LogP contribution in [0.3, 0.4) is 0 Å². The van der Waals surface area contributed by atoms with Gasteiger partial charge in [-0.05, 0) is 69.3 Å². The van der Waals surface area contributed by atoms with E-state index in [1.54, 1.807) is 12.1 Å². The molecule has 1 aromatic heterocycles. The zero-order valence-electron chi connectivity index (χ0n) is 16.3. The van der Waals surface area contributed by atoms with Crippen molar-refractivity contribution in [1.29, 1.82) is 0 Å². The number of rotatable bonds is 6. The van der Waals surface area contributed by atoms with Crippen molar-refractivity contribution < 1.29 is 9.63 Å². The smallest absolute Gasteiger partial charge is 0.241 e. The van der Waals surface area contributed by atoms with E-state index in [4.69, 9.17) is 4.52 Å². The maximum Gasteiger partial charge on any atom is 0.241 e. The summed E-state index contributed by atoms with van der Waals surface area (Å²) >= 11 is 0. The maximum absolute atomic E-state index is 9.38. The molecule has 1 aliphatic rings. The minimum absolute atomic E-state index is 0.337. The van der Waals surface area contributed by atoms with Gasteiger partial charge in [0.25, 0.3) is 0 Å². The quantitative estimate of drug-likeness (QED) is 0.680. The number of piperidine rings is 1. The molecule has 146 valence electrons. The molecule has 28 heavy (non-hydrogen) atoms. The summed E-state index contributed by atoms with van der Waals surface area (Å²) in [5.41, 5.74) is 3.52. The van der Waals surface area contributed by atoms with Crippen molar-refractivity contribution in [1.82, 2.24) is 15.0 Å². The van der Waals surface area contributed by atoms with E-state index in [1.165, 1.54) is 30.4 Å². The van der Waals surface area contributed by atoms with Crippen LogP contribution in [0.25, 0.3) is 11.4 Å². The van der Waals surface area contributed by atoms with Gasteiger partial charge in [-0.3, -0.25) is 4.90 Å². The summed E-state index contributed by atoms with van der Waals surface area (Å²) in [5.74, 6) is 2.45. The van der Waals surface area contributed by atoms with Crippen molar-refractivity contribution >= 4 is 0 Å². The Labute approximate surface area is 166 Å². The fourth-order valence-electron chi connectivity index (χ4n) is 3.80. The summed E-state index contributed by atoms with van der Waals surface area (Å²) in [4.78, 5) is 6.97. The third kappa shape index (κ3) is 4.78. The summed E-state index contributed by atoms with van der Waals surface area (Å²) in [5, 5.41) is 13.5. The Morgan fingerprint density at radius 2 is 1.75 bits per heavy atom. The van der Waals surface area contributed by atoms with Crippen LogP contribution in [-0.4, -0.2) is 33.2 Å². The van der Waals surface area contributed by atoms with Gasteiger partial charge < -0.3 is 9.63 Å². The second-order valence-corrected chi connectivity index (χ2v) is 7.80.